The Morgan fingerprint density at radius 1 is 0.914 bits per heavy atom. The highest BCUT2D eigenvalue weighted by molar-refractivity contribution is 5.92. The fourth-order valence-corrected chi connectivity index (χ4v) is 3.68. The number of aliphatic hydroxyl groups excluding tert-OH is 1. The summed E-state index contributed by atoms with van der Waals surface area (Å²) in [7, 11) is 0. The van der Waals surface area contributed by atoms with Gasteiger partial charge in [0.05, 0.1) is 16.9 Å². The molecule has 2 aromatic carbocycles. The first-order valence-electron chi connectivity index (χ1n) is 11.0. The minimum absolute atomic E-state index is 0.105. The van der Waals surface area contributed by atoms with Crippen LogP contribution in [0.1, 0.15) is 41.6 Å². The lowest BCUT2D eigenvalue weighted by molar-refractivity contribution is 0.0987. The third kappa shape index (κ3) is 5.10. The molecule has 0 aliphatic rings. The number of carbonyl (C=O) groups excluding carboxylic acids is 1. The lowest BCUT2D eigenvalue weighted by Gasteiger charge is -2.11. The minimum Gasteiger partial charge on any atom is -0.455 e. The molecule has 5 aromatic rings. The largest absolute Gasteiger partial charge is 0.455 e. The maximum atomic E-state index is 12.3. The minimum atomic E-state index is -0.705. The molecule has 0 saturated carbocycles. The van der Waals surface area contributed by atoms with E-state index in [9.17, 15) is 19.5 Å². The standard InChI is InChI=1S/C17H15NO3.C11H8O3/c1-10-7-13(11(2)19)17-14(8-10)15(20)9-16(21-17)12-3-5-18-6-4-12;1-7(12)11-6-9(13)8-4-2-3-5-10(8)14-11/h3-9,11,19H,1-2H3;2-6H,1H3. The maximum absolute atomic E-state index is 12.3. The molecule has 3 heterocycles. The van der Waals surface area contributed by atoms with E-state index in [2.05, 4.69) is 4.98 Å². The zero-order valence-electron chi connectivity index (χ0n) is 19.4. The number of hydrogen-bond acceptors (Lipinski definition) is 7. The Morgan fingerprint density at radius 2 is 1.60 bits per heavy atom. The summed E-state index contributed by atoms with van der Waals surface area (Å²) in [5.41, 5.74) is 2.91. The molecule has 0 saturated heterocycles. The van der Waals surface area contributed by atoms with Crippen LogP contribution in [0.2, 0.25) is 0 Å². The molecule has 1 N–H and O–H groups in total. The molecule has 0 bridgehead atoms. The molecule has 0 radical (unpaired) electrons. The first-order valence-corrected chi connectivity index (χ1v) is 11.0. The van der Waals surface area contributed by atoms with Crippen LogP contribution in [-0.2, 0) is 0 Å². The van der Waals surface area contributed by atoms with Crippen molar-refractivity contribution >= 4 is 27.7 Å². The van der Waals surface area contributed by atoms with E-state index in [1.807, 2.05) is 13.0 Å². The van der Waals surface area contributed by atoms with Gasteiger partial charge in [-0.05, 0) is 55.8 Å². The van der Waals surface area contributed by atoms with Crippen LogP contribution >= 0.6 is 0 Å². The summed E-state index contributed by atoms with van der Waals surface area (Å²) in [6, 6.07) is 16.7. The van der Waals surface area contributed by atoms with Crippen LogP contribution in [0.5, 0.6) is 0 Å². The monoisotopic (exact) mass is 469 g/mol. The second kappa shape index (κ2) is 9.87. The predicted molar refractivity (Wildman–Crippen MR) is 134 cm³/mol. The summed E-state index contributed by atoms with van der Waals surface area (Å²) < 4.78 is 11.1. The van der Waals surface area contributed by atoms with Gasteiger partial charge in [0, 0.05) is 42.6 Å². The predicted octanol–water partition coefficient (Wildman–Crippen LogP) is 5.21. The second-order valence-electron chi connectivity index (χ2n) is 8.14. The molecule has 5 rings (SSSR count). The number of carbonyl (C=O) groups is 1. The van der Waals surface area contributed by atoms with Crippen LogP contribution in [0.25, 0.3) is 33.3 Å². The Morgan fingerprint density at radius 3 is 2.29 bits per heavy atom. The quantitative estimate of drug-likeness (QED) is 0.361. The van der Waals surface area contributed by atoms with Gasteiger partial charge in [-0.15, -0.1) is 0 Å². The van der Waals surface area contributed by atoms with Crippen molar-refractivity contribution in [2.45, 2.75) is 26.9 Å². The van der Waals surface area contributed by atoms with Crippen LogP contribution in [0, 0.1) is 6.92 Å². The van der Waals surface area contributed by atoms with Crippen molar-refractivity contribution in [1.29, 1.82) is 0 Å². The number of Topliss-reactive ketones (excluding diaryl/α,β-unsaturated/α-hetero) is 1. The summed E-state index contributed by atoms with van der Waals surface area (Å²) >= 11 is 0. The van der Waals surface area contributed by atoms with Gasteiger partial charge in [0.15, 0.2) is 22.4 Å². The van der Waals surface area contributed by atoms with Crippen molar-refractivity contribution < 1.29 is 18.7 Å². The van der Waals surface area contributed by atoms with Crippen molar-refractivity contribution in [3.05, 3.63) is 110 Å². The summed E-state index contributed by atoms with van der Waals surface area (Å²) in [5.74, 6) is 0.335. The molecule has 0 spiro atoms. The van der Waals surface area contributed by atoms with Gasteiger partial charge in [-0.3, -0.25) is 19.4 Å². The first kappa shape index (κ1) is 23.8. The van der Waals surface area contributed by atoms with Gasteiger partial charge < -0.3 is 13.9 Å². The smallest absolute Gasteiger partial charge is 0.195 e. The number of para-hydroxylation sites is 1. The van der Waals surface area contributed by atoms with E-state index < -0.39 is 6.10 Å². The van der Waals surface area contributed by atoms with E-state index in [0.29, 0.717) is 33.3 Å². The molecule has 3 aromatic heterocycles. The molecular formula is C28H23NO6. The number of hydrogen-bond donors (Lipinski definition) is 1. The Bertz CT molecular complexity index is 1650. The molecular weight excluding hydrogens is 446 g/mol. The number of pyridine rings is 1. The van der Waals surface area contributed by atoms with E-state index in [-0.39, 0.29) is 22.4 Å². The zero-order valence-corrected chi connectivity index (χ0v) is 19.4. The number of fused-ring (bicyclic) bond motifs is 2. The molecule has 7 heteroatoms. The topological polar surface area (TPSA) is 111 Å². The number of nitrogens with zero attached hydrogens (tertiary/aromatic N) is 1. The number of aryl methyl sites for hydroxylation is 1. The highest BCUT2D eigenvalue weighted by Gasteiger charge is 2.14. The van der Waals surface area contributed by atoms with Crippen LogP contribution in [0.4, 0.5) is 0 Å². The van der Waals surface area contributed by atoms with Crippen LogP contribution in [0.15, 0.2) is 91.5 Å². The zero-order chi connectivity index (χ0) is 25.1. The van der Waals surface area contributed by atoms with E-state index in [1.54, 1.807) is 61.8 Å². The van der Waals surface area contributed by atoms with Gasteiger partial charge in [-0.25, -0.2) is 0 Å². The Kier molecular flexibility index (Phi) is 6.71. The van der Waals surface area contributed by atoms with Gasteiger partial charge in [0.25, 0.3) is 0 Å². The molecule has 0 aliphatic carbocycles. The summed E-state index contributed by atoms with van der Waals surface area (Å²) in [5, 5.41) is 10.9. The highest BCUT2D eigenvalue weighted by atomic mass is 16.3. The van der Waals surface area contributed by atoms with E-state index in [0.717, 1.165) is 11.1 Å². The average molecular weight is 469 g/mol. The fraction of sp³-hybridized carbons (Fsp3) is 0.143. The van der Waals surface area contributed by atoms with E-state index >= 15 is 0 Å². The Hall–Kier alpha value is -4.36. The molecule has 35 heavy (non-hydrogen) atoms. The molecule has 1 unspecified atom stereocenters. The summed E-state index contributed by atoms with van der Waals surface area (Å²) in [6.45, 7) is 4.92. The van der Waals surface area contributed by atoms with Crippen molar-refractivity contribution in [2.75, 3.05) is 0 Å². The van der Waals surface area contributed by atoms with Gasteiger partial charge >= 0.3 is 0 Å². The van der Waals surface area contributed by atoms with E-state index in [4.69, 9.17) is 8.83 Å². The number of ketones is 1. The lowest BCUT2D eigenvalue weighted by atomic mass is 10.0. The Balaban J connectivity index is 0.000000179. The van der Waals surface area contributed by atoms with Gasteiger partial charge in [-0.1, -0.05) is 12.1 Å². The molecule has 0 amide bonds. The normalized spacial score (nSPS) is 11.7. The molecule has 7 nitrogen and oxygen atoms in total. The van der Waals surface area contributed by atoms with E-state index in [1.165, 1.54) is 19.1 Å². The number of aromatic nitrogens is 1. The van der Waals surface area contributed by atoms with Gasteiger partial charge in [0.1, 0.15) is 16.9 Å². The lowest BCUT2D eigenvalue weighted by Crippen LogP contribution is -2.04. The van der Waals surface area contributed by atoms with Crippen LogP contribution < -0.4 is 10.9 Å². The SMILES string of the molecule is CC(=O)c1cc(=O)c2ccccc2o1.Cc1cc(C(C)O)c2oc(-c3ccncc3)cc(=O)c2c1. The molecule has 0 aliphatic heterocycles. The number of rotatable bonds is 3. The fourth-order valence-electron chi connectivity index (χ4n) is 3.68. The summed E-state index contributed by atoms with van der Waals surface area (Å²) in [4.78, 5) is 38.8. The maximum Gasteiger partial charge on any atom is 0.195 e. The van der Waals surface area contributed by atoms with Gasteiger partial charge in [-0.2, -0.15) is 0 Å². The first-order chi connectivity index (χ1) is 16.7. The molecule has 176 valence electrons. The van der Waals surface area contributed by atoms with Crippen molar-refractivity contribution in [1.82, 2.24) is 4.98 Å². The van der Waals surface area contributed by atoms with Crippen molar-refractivity contribution in [3.63, 3.8) is 0 Å². The third-order valence-corrected chi connectivity index (χ3v) is 5.40. The second-order valence-corrected chi connectivity index (χ2v) is 8.14. The highest BCUT2D eigenvalue weighted by Crippen LogP contribution is 2.28. The molecule has 0 fully saturated rings. The third-order valence-electron chi connectivity index (χ3n) is 5.40. The Labute approximate surface area is 200 Å². The molecule has 1 atom stereocenters. The van der Waals surface area contributed by atoms with Crippen LogP contribution in [0.3, 0.4) is 0 Å². The van der Waals surface area contributed by atoms with Crippen LogP contribution in [-0.4, -0.2) is 15.9 Å². The number of aliphatic hydroxyl groups is 1. The van der Waals surface area contributed by atoms with Crippen molar-refractivity contribution in [2.24, 2.45) is 0 Å². The average Bonchev–Trinajstić information content (AvgIpc) is 2.85. The van der Waals surface area contributed by atoms with Gasteiger partial charge in [0.2, 0.25) is 0 Å². The summed E-state index contributed by atoms with van der Waals surface area (Å²) in [6.07, 6.45) is 2.58. The van der Waals surface area contributed by atoms with Crippen molar-refractivity contribution in [3.8, 4) is 11.3 Å². The number of benzene rings is 2.